The Kier molecular flexibility index (Phi) is 3.85. The molecule has 2 nitrogen and oxygen atoms in total. The van der Waals surface area contributed by atoms with Gasteiger partial charge < -0.3 is 5.11 Å². The van der Waals surface area contributed by atoms with Crippen LogP contribution in [-0.4, -0.2) is 10.1 Å². The third-order valence-corrected chi connectivity index (χ3v) is 2.80. The number of aromatic nitrogens is 1. The van der Waals surface area contributed by atoms with Crippen molar-refractivity contribution >= 4 is 0 Å². The number of alkyl halides is 3. The van der Waals surface area contributed by atoms with Crippen LogP contribution in [0.5, 0.6) is 0 Å². The normalized spacial score (nSPS) is 13.3. The topological polar surface area (TPSA) is 33.1 Å². The van der Waals surface area contributed by atoms with E-state index < -0.39 is 17.8 Å². The van der Waals surface area contributed by atoms with E-state index >= 15 is 0 Å². The summed E-state index contributed by atoms with van der Waals surface area (Å²) in [6, 6.07) is 8.07. The van der Waals surface area contributed by atoms with Crippen molar-refractivity contribution in [3.63, 3.8) is 0 Å². The summed E-state index contributed by atoms with van der Waals surface area (Å²) < 4.78 is 37.2. The molecule has 1 unspecified atom stereocenters. The second kappa shape index (κ2) is 5.40. The van der Waals surface area contributed by atoms with Gasteiger partial charge in [-0.15, -0.1) is 0 Å². The van der Waals surface area contributed by atoms with E-state index in [1.807, 2.05) is 0 Å². The fourth-order valence-corrected chi connectivity index (χ4v) is 1.75. The highest BCUT2D eigenvalue weighted by atomic mass is 19.4. The lowest BCUT2D eigenvalue weighted by molar-refractivity contribution is -0.137. The maximum absolute atomic E-state index is 12.4. The lowest BCUT2D eigenvalue weighted by Gasteiger charge is -2.12. The van der Waals surface area contributed by atoms with Crippen molar-refractivity contribution in [3.05, 3.63) is 65.5 Å². The molecular formula is C14H12F3NO. The first-order valence-electron chi connectivity index (χ1n) is 5.71. The molecule has 1 aromatic carbocycles. The molecule has 2 rings (SSSR count). The van der Waals surface area contributed by atoms with E-state index in [2.05, 4.69) is 4.98 Å². The predicted molar refractivity (Wildman–Crippen MR) is 64.3 cm³/mol. The fraction of sp³-hybridized carbons (Fsp3) is 0.214. The second-order valence-corrected chi connectivity index (χ2v) is 4.20. The summed E-state index contributed by atoms with van der Waals surface area (Å²) in [6.07, 6.45) is -1.63. The Morgan fingerprint density at radius 1 is 1.00 bits per heavy atom. The molecule has 5 heteroatoms. The second-order valence-electron chi connectivity index (χ2n) is 4.20. The van der Waals surface area contributed by atoms with E-state index in [9.17, 15) is 18.3 Å². The minimum atomic E-state index is -4.35. The summed E-state index contributed by atoms with van der Waals surface area (Å²) in [7, 11) is 0. The molecule has 1 heterocycles. The highest BCUT2D eigenvalue weighted by Gasteiger charge is 2.30. The number of aliphatic hydroxyl groups excluding tert-OH is 1. The minimum Gasteiger partial charge on any atom is -0.388 e. The number of rotatable bonds is 3. The van der Waals surface area contributed by atoms with Gasteiger partial charge in [0.25, 0.3) is 0 Å². The Bertz CT molecular complexity index is 523. The number of benzene rings is 1. The molecule has 0 bridgehead atoms. The molecule has 19 heavy (non-hydrogen) atoms. The number of aliphatic hydroxyl groups is 1. The van der Waals surface area contributed by atoms with Gasteiger partial charge in [0.15, 0.2) is 0 Å². The zero-order valence-corrected chi connectivity index (χ0v) is 9.93. The lowest BCUT2D eigenvalue weighted by atomic mass is 10.0. The Morgan fingerprint density at radius 2 is 1.58 bits per heavy atom. The van der Waals surface area contributed by atoms with Crippen LogP contribution >= 0.6 is 0 Å². The van der Waals surface area contributed by atoms with Gasteiger partial charge in [-0.05, 0) is 35.4 Å². The molecule has 0 fully saturated rings. The van der Waals surface area contributed by atoms with Crippen molar-refractivity contribution in [3.8, 4) is 0 Å². The van der Waals surface area contributed by atoms with Crippen LogP contribution in [0.2, 0.25) is 0 Å². The number of halogens is 3. The highest BCUT2D eigenvalue weighted by Crippen LogP contribution is 2.30. The quantitative estimate of drug-likeness (QED) is 0.924. The van der Waals surface area contributed by atoms with E-state index in [1.165, 1.54) is 12.1 Å². The first-order valence-corrected chi connectivity index (χ1v) is 5.71. The molecule has 0 aliphatic carbocycles. The van der Waals surface area contributed by atoms with Crippen LogP contribution in [0.1, 0.15) is 22.8 Å². The van der Waals surface area contributed by atoms with Gasteiger partial charge in [0.05, 0.1) is 11.7 Å². The van der Waals surface area contributed by atoms with Crippen molar-refractivity contribution in [2.75, 3.05) is 0 Å². The van der Waals surface area contributed by atoms with Crippen molar-refractivity contribution in [2.24, 2.45) is 0 Å². The predicted octanol–water partition coefficient (Wildman–Crippen LogP) is 3.38. The van der Waals surface area contributed by atoms with E-state index in [-0.39, 0.29) is 0 Å². The zero-order chi connectivity index (χ0) is 13.9. The molecule has 1 atom stereocenters. The number of hydrogen-bond donors (Lipinski definition) is 1. The number of pyridine rings is 1. The summed E-state index contributed by atoms with van der Waals surface area (Å²) in [5.41, 5.74) is 0.625. The molecule has 0 spiro atoms. The Morgan fingerprint density at radius 3 is 2.11 bits per heavy atom. The molecular weight excluding hydrogens is 255 g/mol. The first-order chi connectivity index (χ1) is 8.97. The lowest BCUT2D eigenvalue weighted by Crippen LogP contribution is -2.06. The minimum absolute atomic E-state index is 0.341. The van der Waals surface area contributed by atoms with Gasteiger partial charge in [-0.25, -0.2) is 0 Å². The van der Waals surface area contributed by atoms with E-state index in [0.717, 1.165) is 17.7 Å². The zero-order valence-electron chi connectivity index (χ0n) is 9.93. The third-order valence-electron chi connectivity index (χ3n) is 2.80. The number of nitrogens with zero attached hydrogens (tertiary/aromatic N) is 1. The maximum atomic E-state index is 12.4. The Hall–Kier alpha value is -1.88. The fourth-order valence-electron chi connectivity index (χ4n) is 1.75. The SMILES string of the molecule is OC(Cc1ccncc1)c1ccc(C(F)(F)F)cc1. The highest BCUT2D eigenvalue weighted by molar-refractivity contribution is 5.27. The van der Waals surface area contributed by atoms with Crippen LogP contribution in [0.3, 0.4) is 0 Å². The van der Waals surface area contributed by atoms with Crippen LogP contribution in [-0.2, 0) is 12.6 Å². The van der Waals surface area contributed by atoms with Gasteiger partial charge in [-0.1, -0.05) is 12.1 Å². The average Bonchev–Trinajstić information content (AvgIpc) is 2.39. The van der Waals surface area contributed by atoms with E-state index in [4.69, 9.17) is 0 Å². The molecule has 0 saturated heterocycles. The van der Waals surface area contributed by atoms with Gasteiger partial charge in [-0.2, -0.15) is 13.2 Å². The summed E-state index contributed by atoms with van der Waals surface area (Å²) in [5, 5.41) is 9.97. The van der Waals surface area contributed by atoms with Crippen molar-refractivity contribution in [1.29, 1.82) is 0 Å². The maximum Gasteiger partial charge on any atom is 0.416 e. The Balaban J connectivity index is 2.10. The Labute approximate surface area is 108 Å². The van der Waals surface area contributed by atoms with Crippen molar-refractivity contribution < 1.29 is 18.3 Å². The van der Waals surface area contributed by atoms with Crippen molar-refractivity contribution in [1.82, 2.24) is 4.98 Å². The third kappa shape index (κ3) is 3.54. The molecule has 0 radical (unpaired) electrons. The van der Waals surface area contributed by atoms with E-state index in [0.29, 0.717) is 12.0 Å². The first kappa shape index (κ1) is 13.5. The van der Waals surface area contributed by atoms with Crippen LogP contribution in [0.25, 0.3) is 0 Å². The largest absolute Gasteiger partial charge is 0.416 e. The van der Waals surface area contributed by atoms with Gasteiger partial charge in [0, 0.05) is 18.8 Å². The monoisotopic (exact) mass is 267 g/mol. The molecule has 1 N–H and O–H groups in total. The van der Waals surface area contributed by atoms with Crippen LogP contribution < -0.4 is 0 Å². The van der Waals surface area contributed by atoms with Gasteiger partial charge in [0.2, 0.25) is 0 Å². The molecule has 0 amide bonds. The number of hydrogen-bond acceptors (Lipinski definition) is 2. The van der Waals surface area contributed by atoms with Crippen LogP contribution in [0, 0.1) is 0 Å². The summed E-state index contributed by atoms with van der Waals surface area (Å²) in [6.45, 7) is 0. The van der Waals surface area contributed by atoms with Gasteiger partial charge in [-0.3, -0.25) is 4.98 Å². The molecule has 1 aromatic heterocycles. The van der Waals surface area contributed by atoms with Crippen molar-refractivity contribution in [2.45, 2.75) is 18.7 Å². The smallest absolute Gasteiger partial charge is 0.388 e. The molecule has 100 valence electrons. The van der Waals surface area contributed by atoms with Crippen LogP contribution in [0.15, 0.2) is 48.8 Å². The molecule has 2 aromatic rings. The van der Waals surface area contributed by atoms with Crippen LogP contribution in [0.4, 0.5) is 13.2 Å². The summed E-state index contributed by atoms with van der Waals surface area (Å²) >= 11 is 0. The van der Waals surface area contributed by atoms with Gasteiger partial charge >= 0.3 is 6.18 Å². The summed E-state index contributed by atoms with van der Waals surface area (Å²) in [4.78, 5) is 3.86. The molecule has 0 aliphatic rings. The van der Waals surface area contributed by atoms with E-state index in [1.54, 1.807) is 24.5 Å². The van der Waals surface area contributed by atoms with Gasteiger partial charge in [0.1, 0.15) is 0 Å². The average molecular weight is 267 g/mol. The molecule has 0 aliphatic heterocycles. The summed E-state index contributed by atoms with van der Waals surface area (Å²) in [5.74, 6) is 0. The molecule has 0 saturated carbocycles. The standard InChI is InChI=1S/C14H12F3NO/c15-14(16,17)12-3-1-11(2-4-12)13(19)9-10-5-7-18-8-6-10/h1-8,13,19H,9H2.